The molecule has 0 saturated heterocycles. The summed E-state index contributed by atoms with van der Waals surface area (Å²) in [6.45, 7) is 2.04. The van der Waals surface area contributed by atoms with Crippen LogP contribution in [0, 0.1) is 18.3 Å². The third kappa shape index (κ3) is 7.39. The standard InChI is InChI=1S/C21H22N2O5S/c1-16-4-2-3-5-18(16)10-12-23-20(24)14-28-21(25)19-8-6-17(7-9-19)15-29(26,27)13-11-22/h2-9H,10,12-15H2,1H3,(H,23,24). The van der Waals surface area contributed by atoms with Crippen LogP contribution in [-0.4, -0.2) is 39.2 Å². The van der Waals surface area contributed by atoms with Crippen LogP contribution in [0.3, 0.4) is 0 Å². The molecule has 2 rings (SSSR count). The number of aryl methyl sites for hydroxylation is 1. The zero-order valence-electron chi connectivity index (χ0n) is 16.1. The van der Waals surface area contributed by atoms with Gasteiger partial charge in [0, 0.05) is 6.54 Å². The van der Waals surface area contributed by atoms with E-state index < -0.39 is 34.1 Å². The Morgan fingerprint density at radius 3 is 2.45 bits per heavy atom. The number of esters is 1. The lowest BCUT2D eigenvalue weighted by Crippen LogP contribution is -2.30. The molecule has 0 heterocycles. The van der Waals surface area contributed by atoms with Gasteiger partial charge in [0.2, 0.25) is 0 Å². The molecule has 2 aromatic carbocycles. The van der Waals surface area contributed by atoms with E-state index in [1.165, 1.54) is 24.3 Å². The molecule has 0 spiro atoms. The fourth-order valence-corrected chi connectivity index (χ4v) is 3.63. The van der Waals surface area contributed by atoms with Crippen LogP contribution in [0.5, 0.6) is 0 Å². The van der Waals surface area contributed by atoms with Gasteiger partial charge in [0.05, 0.1) is 17.4 Å². The van der Waals surface area contributed by atoms with Gasteiger partial charge in [-0.2, -0.15) is 5.26 Å². The summed E-state index contributed by atoms with van der Waals surface area (Å²) in [6.07, 6.45) is 0.683. The van der Waals surface area contributed by atoms with E-state index in [-0.39, 0.29) is 11.3 Å². The summed E-state index contributed by atoms with van der Waals surface area (Å²) in [6, 6.07) is 15.3. The van der Waals surface area contributed by atoms with Crippen LogP contribution in [0.4, 0.5) is 0 Å². The summed E-state index contributed by atoms with van der Waals surface area (Å²) in [7, 11) is -3.50. The molecule has 152 valence electrons. The Labute approximate surface area is 170 Å². The lowest BCUT2D eigenvalue weighted by Gasteiger charge is -2.08. The minimum absolute atomic E-state index is 0.208. The van der Waals surface area contributed by atoms with Gasteiger partial charge in [-0.1, -0.05) is 36.4 Å². The molecule has 0 fully saturated rings. The van der Waals surface area contributed by atoms with Gasteiger partial charge < -0.3 is 10.1 Å². The quantitative estimate of drug-likeness (QED) is 0.628. The first-order chi connectivity index (χ1) is 13.8. The SMILES string of the molecule is Cc1ccccc1CCNC(=O)COC(=O)c1ccc(CS(=O)(=O)CC#N)cc1. The predicted molar refractivity (Wildman–Crippen MR) is 108 cm³/mol. The van der Waals surface area contributed by atoms with E-state index in [2.05, 4.69) is 5.32 Å². The Hall–Kier alpha value is -3.18. The predicted octanol–water partition coefficient (Wildman–Crippen LogP) is 1.95. The van der Waals surface area contributed by atoms with Crippen molar-refractivity contribution >= 4 is 21.7 Å². The Morgan fingerprint density at radius 2 is 1.79 bits per heavy atom. The summed E-state index contributed by atoms with van der Waals surface area (Å²) in [4.78, 5) is 23.9. The Balaban J connectivity index is 1.77. The second-order valence-electron chi connectivity index (χ2n) is 6.49. The lowest BCUT2D eigenvalue weighted by atomic mass is 10.1. The van der Waals surface area contributed by atoms with Crippen molar-refractivity contribution in [3.8, 4) is 6.07 Å². The van der Waals surface area contributed by atoms with Gasteiger partial charge in [0.25, 0.3) is 5.91 Å². The number of sulfone groups is 1. The molecule has 1 amide bonds. The molecule has 0 aromatic heterocycles. The van der Waals surface area contributed by atoms with E-state index in [1.807, 2.05) is 31.2 Å². The molecule has 0 unspecified atom stereocenters. The van der Waals surface area contributed by atoms with Crippen LogP contribution in [0.25, 0.3) is 0 Å². The van der Waals surface area contributed by atoms with Gasteiger partial charge in [0.15, 0.2) is 16.4 Å². The van der Waals surface area contributed by atoms with Crippen molar-refractivity contribution in [2.24, 2.45) is 0 Å². The van der Waals surface area contributed by atoms with Gasteiger partial charge >= 0.3 is 5.97 Å². The molecule has 0 atom stereocenters. The Morgan fingerprint density at radius 1 is 1.10 bits per heavy atom. The number of hydrogen-bond donors (Lipinski definition) is 1. The maximum atomic E-state index is 12.0. The van der Waals surface area contributed by atoms with Gasteiger partial charge in [-0.15, -0.1) is 0 Å². The second-order valence-corrected chi connectivity index (χ2v) is 8.55. The molecule has 0 saturated carbocycles. The van der Waals surface area contributed by atoms with Crippen LogP contribution in [0.2, 0.25) is 0 Å². The van der Waals surface area contributed by atoms with Gasteiger partial charge in [0.1, 0.15) is 5.75 Å². The number of nitrogens with one attached hydrogen (secondary N) is 1. The zero-order valence-corrected chi connectivity index (χ0v) is 16.9. The maximum Gasteiger partial charge on any atom is 0.338 e. The van der Waals surface area contributed by atoms with E-state index >= 15 is 0 Å². The third-order valence-corrected chi connectivity index (χ3v) is 5.51. The highest BCUT2D eigenvalue weighted by atomic mass is 32.2. The molecular formula is C21H22N2O5S. The Bertz CT molecular complexity index is 1010. The van der Waals surface area contributed by atoms with Crippen molar-refractivity contribution in [1.29, 1.82) is 5.26 Å². The van der Waals surface area contributed by atoms with E-state index in [0.29, 0.717) is 18.5 Å². The highest BCUT2D eigenvalue weighted by Gasteiger charge is 2.13. The van der Waals surface area contributed by atoms with E-state index in [1.54, 1.807) is 6.07 Å². The van der Waals surface area contributed by atoms with E-state index in [4.69, 9.17) is 10.00 Å². The number of benzene rings is 2. The molecule has 0 aliphatic heterocycles. The van der Waals surface area contributed by atoms with Crippen LogP contribution >= 0.6 is 0 Å². The fraction of sp³-hybridized carbons (Fsp3) is 0.286. The molecule has 0 aliphatic carbocycles. The number of ether oxygens (including phenoxy) is 1. The van der Waals surface area contributed by atoms with Crippen LogP contribution < -0.4 is 5.32 Å². The molecule has 7 nitrogen and oxygen atoms in total. The largest absolute Gasteiger partial charge is 0.452 e. The number of nitriles is 1. The van der Waals surface area contributed by atoms with Crippen molar-refractivity contribution in [3.63, 3.8) is 0 Å². The molecule has 1 N–H and O–H groups in total. The summed E-state index contributed by atoms with van der Waals surface area (Å²) in [5, 5.41) is 11.2. The first-order valence-corrected chi connectivity index (χ1v) is 10.8. The first-order valence-electron chi connectivity index (χ1n) is 8.95. The van der Waals surface area contributed by atoms with E-state index in [9.17, 15) is 18.0 Å². The zero-order chi connectivity index (χ0) is 21.3. The van der Waals surface area contributed by atoms with Crippen LogP contribution in [-0.2, 0) is 31.5 Å². The first kappa shape index (κ1) is 22.1. The molecule has 29 heavy (non-hydrogen) atoms. The third-order valence-electron chi connectivity index (χ3n) is 4.17. The second kappa shape index (κ2) is 10.4. The number of hydrogen-bond acceptors (Lipinski definition) is 6. The van der Waals surface area contributed by atoms with Crippen molar-refractivity contribution in [3.05, 3.63) is 70.8 Å². The minimum Gasteiger partial charge on any atom is -0.452 e. The van der Waals surface area contributed by atoms with Gasteiger partial charge in [-0.05, 0) is 42.2 Å². The van der Waals surface area contributed by atoms with Crippen molar-refractivity contribution in [2.75, 3.05) is 18.9 Å². The number of carbonyl (C=O) groups is 2. The molecular weight excluding hydrogens is 392 g/mol. The number of nitrogens with zero attached hydrogens (tertiary/aromatic N) is 1. The topological polar surface area (TPSA) is 113 Å². The van der Waals surface area contributed by atoms with Crippen LogP contribution in [0.1, 0.15) is 27.0 Å². The Kier molecular flexibility index (Phi) is 7.92. The molecule has 0 aliphatic rings. The van der Waals surface area contributed by atoms with Crippen LogP contribution in [0.15, 0.2) is 48.5 Å². The minimum atomic E-state index is -3.50. The van der Waals surface area contributed by atoms with Gasteiger partial charge in [-0.3, -0.25) is 4.79 Å². The van der Waals surface area contributed by atoms with Crippen molar-refractivity contribution < 1.29 is 22.7 Å². The number of carbonyl (C=O) groups excluding carboxylic acids is 2. The highest BCUT2D eigenvalue weighted by molar-refractivity contribution is 7.90. The number of amides is 1. The van der Waals surface area contributed by atoms with Crippen molar-refractivity contribution in [1.82, 2.24) is 5.32 Å². The normalized spacial score (nSPS) is 10.8. The fourth-order valence-electron chi connectivity index (χ4n) is 2.63. The van der Waals surface area contributed by atoms with E-state index in [0.717, 1.165) is 11.1 Å². The monoisotopic (exact) mass is 414 g/mol. The smallest absolute Gasteiger partial charge is 0.338 e. The lowest BCUT2D eigenvalue weighted by molar-refractivity contribution is -0.124. The van der Waals surface area contributed by atoms with Gasteiger partial charge in [-0.25, -0.2) is 13.2 Å². The average Bonchev–Trinajstić information content (AvgIpc) is 2.68. The summed E-state index contributed by atoms with van der Waals surface area (Å²) in [5.41, 5.74) is 2.96. The summed E-state index contributed by atoms with van der Waals surface area (Å²) >= 11 is 0. The molecule has 2 aromatic rings. The molecule has 8 heteroatoms. The maximum absolute atomic E-state index is 12.0. The highest BCUT2D eigenvalue weighted by Crippen LogP contribution is 2.10. The summed E-state index contributed by atoms with van der Waals surface area (Å²) in [5.74, 6) is -1.91. The average molecular weight is 414 g/mol. The molecule has 0 bridgehead atoms. The number of rotatable bonds is 9. The summed E-state index contributed by atoms with van der Waals surface area (Å²) < 4.78 is 28.2. The molecule has 0 radical (unpaired) electrons. The van der Waals surface area contributed by atoms with Crippen molar-refractivity contribution in [2.45, 2.75) is 19.1 Å².